The van der Waals surface area contributed by atoms with Crippen LogP contribution >= 0.6 is 12.4 Å². The minimum absolute atomic E-state index is 0. The largest absolute Gasteiger partial charge is 0.336 e. The zero-order valence-corrected chi connectivity index (χ0v) is 12.5. The van der Waals surface area contributed by atoms with E-state index in [9.17, 15) is 9.59 Å². The van der Waals surface area contributed by atoms with Crippen molar-refractivity contribution >= 4 is 18.3 Å². The lowest BCUT2D eigenvalue weighted by atomic mass is 10.0. The summed E-state index contributed by atoms with van der Waals surface area (Å²) in [6, 6.07) is 3.34. The highest BCUT2D eigenvalue weighted by molar-refractivity contribution is 5.94. The van der Waals surface area contributed by atoms with E-state index in [1.54, 1.807) is 6.07 Å². The van der Waals surface area contributed by atoms with E-state index in [-0.39, 0.29) is 29.9 Å². The number of hydrogen-bond donors (Lipinski definition) is 2. The van der Waals surface area contributed by atoms with E-state index in [1.165, 1.54) is 12.3 Å². The zero-order chi connectivity index (χ0) is 13.7. The third kappa shape index (κ3) is 4.08. The molecule has 2 rings (SSSR count). The van der Waals surface area contributed by atoms with Gasteiger partial charge in [0.05, 0.1) is 0 Å². The Kier molecular flexibility index (Phi) is 6.75. The predicted molar refractivity (Wildman–Crippen MR) is 81.5 cm³/mol. The van der Waals surface area contributed by atoms with E-state index in [2.05, 4.69) is 17.2 Å². The first-order valence-corrected chi connectivity index (χ1v) is 6.93. The first-order valence-electron chi connectivity index (χ1n) is 6.93. The van der Waals surface area contributed by atoms with Crippen molar-refractivity contribution in [3.8, 4) is 0 Å². The number of carbonyl (C=O) groups is 1. The highest BCUT2D eigenvalue weighted by Gasteiger charge is 2.25. The van der Waals surface area contributed by atoms with E-state index < -0.39 is 0 Å². The number of piperidine rings is 1. The highest BCUT2D eigenvalue weighted by atomic mass is 35.5. The SMILES string of the molecule is CCCN(C(=O)c1cc[nH]c(=O)c1)C1CCNCC1.Cl. The van der Waals surface area contributed by atoms with Gasteiger partial charge in [-0.15, -0.1) is 12.4 Å². The summed E-state index contributed by atoms with van der Waals surface area (Å²) >= 11 is 0. The summed E-state index contributed by atoms with van der Waals surface area (Å²) in [5.74, 6) is -0.0279. The smallest absolute Gasteiger partial charge is 0.254 e. The number of H-pyrrole nitrogens is 1. The van der Waals surface area contributed by atoms with Crippen LogP contribution in [0.15, 0.2) is 23.1 Å². The van der Waals surface area contributed by atoms with E-state index in [4.69, 9.17) is 0 Å². The molecule has 1 aliphatic rings. The summed E-state index contributed by atoms with van der Waals surface area (Å²) in [5, 5.41) is 3.31. The maximum Gasteiger partial charge on any atom is 0.254 e. The van der Waals surface area contributed by atoms with Gasteiger partial charge >= 0.3 is 0 Å². The number of aromatic nitrogens is 1. The van der Waals surface area contributed by atoms with Crippen molar-refractivity contribution in [2.24, 2.45) is 0 Å². The Morgan fingerprint density at radius 2 is 2.10 bits per heavy atom. The number of nitrogens with zero attached hydrogens (tertiary/aromatic N) is 1. The van der Waals surface area contributed by atoms with Crippen LogP contribution in [0.1, 0.15) is 36.5 Å². The molecule has 1 aromatic heterocycles. The Morgan fingerprint density at radius 3 is 2.70 bits per heavy atom. The molecule has 0 aromatic carbocycles. The molecule has 0 unspecified atom stereocenters. The van der Waals surface area contributed by atoms with Crippen LogP contribution in [0.2, 0.25) is 0 Å². The van der Waals surface area contributed by atoms with Gasteiger partial charge in [-0.2, -0.15) is 0 Å². The van der Waals surface area contributed by atoms with Crippen molar-refractivity contribution in [1.29, 1.82) is 0 Å². The number of rotatable bonds is 4. The molecule has 1 fully saturated rings. The lowest BCUT2D eigenvalue weighted by Gasteiger charge is -2.34. The lowest BCUT2D eigenvalue weighted by Crippen LogP contribution is -2.46. The van der Waals surface area contributed by atoms with Crippen LogP contribution in [0.3, 0.4) is 0 Å². The number of pyridine rings is 1. The van der Waals surface area contributed by atoms with Gasteiger partial charge in [0.1, 0.15) is 0 Å². The van der Waals surface area contributed by atoms with E-state index in [1.807, 2.05) is 4.90 Å². The molecule has 0 bridgehead atoms. The molecule has 20 heavy (non-hydrogen) atoms. The van der Waals surface area contributed by atoms with Crippen molar-refractivity contribution in [3.63, 3.8) is 0 Å². The van der Waals surface area contributed by atoms with Crippen molar-refractivity contribution in [1.82, 2.24) is 15.2 Å². The average Bonchev–Trinajstić information content (AvgIpc) is 2.45. The molecule has 0 radical (unpaired) electrons. The fourth-order valence-corrected chi connectivity index (χ4v) is 2.55. The third-order valence-electron chi connectivity index (χ3n) is 3.50. The van der Waals surface area contributed by atoms with Crippen LogP contribution in [0.25, 0.3) is 0 Å². The first-order chi connectivity index (χ1) is 9.22. The first kappa shape index (κ1) is 16.7. The summed E-state index contributed by atoms with van der Waals surface area (Å²) in [4.78, 5) is 28.3. The summed E-state index contributed by atoms with van der Waals surface area (Å²) < 4.78 is 0. The van der Waals surface area contributed by atoms with Crippen LogP contribution in [0.5, 0.6) is 0 Å². The van der Waals surface area contributed by atoms with Crippen molar-refractivity contribution in [2.75, 3.05) is 19.6 Å². The second-order valence-corrected chi connectivity index (χ2v) is 4.92. The Bertz CT molecular complexity index is 483. The minimum Gasteiger partial charge on any atom is -0.336 e. The number of amides is 1. The van der Waals surface area contributed by atoms with Gasteiger partial charge in [0.2, 0.25) is 5.56 Å². The molecule has 2 heterocycles. The fraction of sp³-hybridized carbons (Fsp3) is 0.571. The number of hydrogen-bond acceptors (Lipinski definition) is 3. The molecular weight excluding hydrogens is 278 g/mol. The molecule has 1 aliphatic heterocycles. The van der Waals surface area contributed by atoms with Gasteiger partial charge in [-0.3, -0.25) is 9.59 Å². The van der Waals surface area contributed by atoms with Gasteiger partial charge < -0.3 is 15.2 Å². The van der Waals surface area contributed by atoms with E-state index in [0.29, 0.717) is 5.56 Å². The Hall–Kier alpha value is -1.33. The molecule has 0 spiro atoms. The molecule has 1 saturated heterocycles. The second kappa shape index (κ2) is 8.07. The van der Waals surface area contributed by atoms with Gasteiger partial charge in [-0.1, -0.05) is 6.92 Å². The van der Waals surface area contributed by atoms with Gasteiger partial charge in [0, 0.05) is 30.4 Å². The summed E-state index contributed by atoms with van der Waals surface area (Å²) in [6.07, 6.45) is 4.42. The quantitative estimate of drug-likeness (QED) is 0.883. The topological polar surface area (TPSA) is 65.2 Å². The van der Waals surface area contributed by atoms with Gasteiger partial charge in [0.15, 0.2) is 0 Å². The van der Waals surface area contributed by atoms with Crippen LogP contribution in [-0.4, -0.2) is 41.5 Å². The van der Waals surface area contributed by atoms with E-state index in [0.717, 1.165) is 38.9 Å². The number of carbonyl (C=O) groups excluding carboxylic acids is 1. The summed E-state index contributed by atoms with van der Waals surface area (Å²) in [7, 11) is 0. The monoisotopic (exact) mass is 299 g/mol. The molecule has 0 aliphatic carbocycles. The number of aromatic amines is 1. The molecule has 5 nitrogen and oxygen atoms in total. The fourth-order valence-electron chi connectivity index (χ4n) is 2.55. The molecule has 1 aromatic rings. The molecule has 0 atom stereocenters. The Balaban J connectivity index is 0.00000200. The molecule has 0 saturated carbocycles. The standard InChI is InChI=1S/C14H21N3O2.ClH/c1-2-9-17(12-4-6-15-7-5-12)14(19)11-3-8-16-13(18)10-11;/h3,8,10,12,15H,2,4-7,9H2,1H3,(H,16,18);1H. The lowest BCUT2D eigenvalue weighted by molar-refractivity contribution is 0.0642. The van der Waals surface area contributed by atoms with Crippen molar-refractivity contribution in [3.05, 3.63) is 34.2 Å². The van der Waals surface area contributed by atoms with Crippen LogP contribution in [0.4, 0.5) is 0 Å². The third-order valence-corrected chi connectivity index (χ3v) is 3.50. The van der Waals surface area contributed by atoms with Gasteiger partial charge in [-0.05, 0) is 38.4 Å². The molecule has 6 heteroatoms. The summed E-state index contributed by atoms with van der Waals surface area (Å²) in [6.45, 7) is 4.72. The Labute approximate surface area is 125 Å². The van der Waals surface area contributed by atoms with Crippen molar-refractivity contribution < 1.29 is 4.79 Å². The Morgan fingerprint density at radius 1 is 1.40 bits per heavy atom. The van der Waals surface area contributed by atoms with Crippen molar-refractivity contribution in [2.45, 2.75) is 32.2 Å². The normalized spacial score (nSPS) is 15.4. The van der Waals surface area contributed by atoms with Crippen LogP contribution in [0, 0.1) is 0 Å². The zero-order valence-electron chi connectivity index (χ0n) is 11.7. The number of nitrogens with one attached hydrogen (secondary N) is 2. The van der Waals surface area contributed by atoms with Crippen LogP contribution < -0.4 is 10.9 Å². The number of halogens is 1. The predicted octanol–water partition coefficient (Wildman–Crippen LogP) is 1.40. The van der Waals surface area contributed by atoms with Gasteiger partial charge in [0.25, 0.3) is 5.91 Å². The van der Waals surface area contributed by atoms with E-state index >= 15 is 0 Å². The average molecular weight is 300 g/mol. The molecule has 1 amide bonds. The summed E-state index contributed by atoms with van der Waals surface area (Å²) in [5.41, 5.74) is 0.253. The molecular formula is C14H22ClN3O2. The van der Waals surface area contributed by atoms with Gasteiger partial charge in [-0.25, -0.2) is 0 Å². The molecule has 2 N–H and O–H groups in total. The van der Waals surface area contributed by atoms with Crippen LogP contribution in [-0.2, 0) is 0 Å². The maximum atomic E-state index is 12.5. The minimum atomic E-state index is -0.229. The maximum absolute atomic E-state index is 12.5. The molecule has 112 valence electrons. The second-order valence-electron chi connectivity index (χ2n) is 4.92. The highest BCUT2D eigenvalue weighted by Crippen LogP contribution is 2.15.